The Labute approximate surface area is 167 Å². The number of rotatable bonds is 3. The number of benzene rings is 3. The predicted molar refractivity (Wildman–Crippen MR) is 107 cm³/mol. The van der Waals surface area contributed by atoms with Gasteiger partial charge in [-0.15, -0.1) is 0 Å². The minimum atomic E-state index is -0.440. The van der Waals surface area contributed by atoms with Gasteiger partial charge in [0.05, 0.1) is 0 Å². The van der Waals surface area contributed by atoms with E-state index in [9.17, 15) is 9.50 Å². The summed E-state index contributed by atoms with van der Waals surface area (Å²) in [5.74, 6) is 1.30. The summed E-state index contributed by atoms with van der Waals surface area (Å²) in [4.78, 5) is 4.86. The average Bonchev–Trinajstić information content (AvgIpc) is 3.22. The molecular weight excluding hydrogens is 371 g/mol. The average molecular weight is 390 g/mol. The topological polar surface area (TPSA) is 63.1 Å². The maximum atomic E-state index is 13.8. The van der Waals surface area contributed by atoms with Gasteiger partial charge >= 0.3 is 0 Å². The highest BCUT2D eigenvalue weighted by molar-refractivity contribution is 6.02. The fraction of sp³-hybridized carbons (Fsp3) is 0.174. The van der Waals surface area contributed by atoms with Gasteiger partial charge in [0.1, 0.15) is 17.7 Å². The first-order chi connectivity index (χ1) is 14.2. The van der Waals surface area contributed by atoms with Gasteiger partial charge in [0, 0.05) is 23.7 Å². The normalized spacial score (nSPS) is 20.4. The zero-order chi connectivity index (χ0) is 19.8. The highest BCUT2D eigenvalue weighted by Gasteiger charge is 2.28. The van der Waals surface area contributed by atoms with Gasteiger partial charge in [-0.3, -0.25) is 10.3 Å². The van der Waals surface area contributed by atoms with Gasteiger partial charge in [-0.2, -0.15) is 0 Å². The lowest BCUT2D eigenvalue weighted by Gasteiger charge is -2.31. The molecule has 3 aromatic carbocycles. The molecule has 2 heterocycles. The van der Waals surface area contributed by atoms with Gasteiger partial charge in [-0.05, 0) is 47.5 Å². The van der Waals surface area contributed by atoms with Crippen LogP contribution < -0.4 is 14.8 Å². The number of nitrogens with one attached hydrogen (secondary N) is 1. The van der Waals surface area contributed by atoms with Crippen molar-refractivity contribution in [1.82, 2.24) is 5.32 Å². The largest absolute Gasteiger partial charge is 0.508 e. The van der Waals surface area contributed by atoms with E-state index in [1.54, 1.807) is 18.2 Å². The molecule has 2 N–H and O–H groups in total. The number of aromatic hydroxyl groups is 1. The molecule has 0 radical (unpaired) electrons. The molecule has 2 aliphatic rings. The third-order valence-electron chi connectivity index (χ3n) is 5.22. The molecule has 3 aromatic rings. The van der Waals surface area contributed by atoms with E-state index in [0.29, 0.717) is 17.9 Å². The lowest BCUT2D eigenvalue weighted by atomic mass is 9.93. The van der Waals surface area contributed by atoms with E-state index in [0.717, 1.165) is 22.4 Å². The van der Waals surface area contributed by atoms with Gasteiger partial charge in [0.25, 0.3) is 0 Å². The minimum absolute atomic E-state index is 0.178. The molecule has 2 unspecified atom stereocenters. The molecule has 0 amide bonds. The first-order valence-electron chi connectivity index (χ1n) is 9.43. The number of hydrogen-bond donors (Lipinski definition) is 2. The Kier molecular flexibility index (Phi) is 4.41. The number of para-hydroxylation sites is 1. The molecule has 146 valence electrons. The van der Waals surface area contributed by atoms with Crippen LogP contribution in [0.15, 0.2) is 71.7 Å². The molecule has 0 spiro atoms. The van der Waals surface area contributed by atoms with Crippen molar-refractivity contribution in [3.05, 3.63) is 89.2 Å². The third kappa shape index (κ3) is 3.43. The lowest BCUT2D eigenvalue weighted by molar-refractivity contribution is 0.174. The van der Waals surface area contributed by atoms with Crippen LogP contribution in [0, 0.1) is 5.82 Å². The molecule has 0 aliphatic carbocycles. The van der Waals surface area contributed by atoms with Crippen LogP contribution in [-0.4, -0.2) is 17.6 Å². The second kappa shape index (κ2) is 7.22. The Balaban J connectivity index is 1.57. The van der Waals surface area contributed by atoms with E-state index >= 15 is 0 Å². The van der Waals surface area contributed by atoms with Gasteiger partial charge < -0.3 is 14.6 Å². The molecule has 0 bridgehead atoms. The molecule has 0 saturated carbocycles. The van der Waals surface area contributed by atoms with Crippen molar-refractivity contribution in [3.63, 3.8) is 0 Å². The quantitative estimate of drug-likeness (QED) is 0.692. The van der Waals surface area contributed by atoms with Crippen LogP contribution in [0.1, 0.15) is 35.3 Å². The molecule has 0 aromatic heterocycles. The maximum absolute atomic E-state index is 13.8. The fourth-order valence-electron chi connectivity index (χ4n) is 3.79. The monoisotopic (exact) mass is 390 g/mol. The summed E-state index contributed by atoms with van der Waals surface area (Å²) in [6, 6.07) is 19.2. The molecule has 0 saturated heterocycles. The SMILES string of the molecule is Oc1ccccc1C1CC(c2ccc3c(c2)OCO3)=NC(c2cccc(F)c2)N1. The molecule has 5 rings (SSSR count). The van der Waals surface area contributed by atoms with Gasteiger partial charge in [-0.1, -0.05) is 30.3 Å². The smallest absolute Gasteiger partial charge is 0.231 e. The zero-order valence-corrected chi connectivity index (χ0v) is 15.5. The Morgan fingerprint density at radius 2 is 1.83 bits per heavy atom. The highest BCUT2D eigenvalue weighted by atomic mass is 19.1. The molecule has 29 heavy (non-hydrogen) atoms. The molecule has 5 nitrogen and oxygen atoms in total. The highest BCUT2D eigenvalue weighted by Crippen LogP contribution is 2.37. The Morgan fingerprint density at radius 3 is 2.69 bits per heavy atom. The van der Waals surface area contributed by atoms with E-state index < -0.39 is 6.17 Å². The number of fused-ring (bicyclic) bond motifs is 1. The van der Waals surface area contributed by atoms with Crippen LogP contribution in [0.5, 0.6) is 17.2 Å². The summed E-state index contributed by atoms with van der Waals surface area (Å²) in [5, 5.41) is 13.8. The van der Waals surface area contributed by atoms with Crippen LogP contribution in [0.2, 0.25) is 0 Å². The Bertz CT molecular complexity index is 1100. The van der Waals surface area contributed by atoms with Crippen LogP contribution in [0.4, 0.5) is 4.39 Å². The molecular formula is C23H19FN2O3. The second-order valence-corrected chi connectivity index (χ2v) is 7.08. The number of nitrogens with zero attached hydrogens (tertiary/aromatic N) is 1. The number of phenols is 1. The van der Waals surface area contributed by atoms with Crippen molar-refractivity contribution in [3.8, 4) is 17.2 Å². The van der Waals surface area contributed by atoms with Crippen LogP contribution in [0.3, 0.4) is 0 Å². The predicted octanol–water partition coefficient (Wildman–Crippen LogP) is 4.48. The second-order valence-electron chi connectivity index (χ2n) is 7.08. The first-order valence-corrected chi connectivity index (χ1v) is 9.43. The minimum Gasteiger partial charge on any atom is -0.508 e. The third-order valence-corrected chi connectivity index (χ3v) is 5.22. The van der Waals surface area contributed by atoms with Crippen molar-refractivity contribution >= 4 is 5.71 Å². The van der Waals surface area contributed by atoms with Crippen molar-refractivity contribution < 1.29 is 19.0 Å². The fourth-order valence-corrected chi connectivity index (χ4v) is 3.79. The molecule has 2 atom stereocenters. The standard InChI is InChI=1S/C23H19FN2O3/c24-16-5-3-4-15(10-16)23-25-18(14-8-9-21-22(11-14)29-13-28-21)12-19(26-23)17-6-1-2-7-20(17)27/h1-11,19,23,26-27H,12-13H2. The van der Waals surface area contributed by atoms with Crippen molar-refractivity contribution in [2.75, 3.05) is 6.79 Å². The van der Waals surface area contributed by atoms with E-state index in [1.807, 2.05) is 36.4 Å². The van der Waals surface area contributed by atoms with Crippen molar-refractivity contribution in [2.24, 2.45) is 4.99 Å². The van der Waals surface area contributed by atoms with E-state index in [4.69, 9.17) is 14.5 Å². The summed E-state index contributed by atoms with van der Waals surface area (Å²) in [6.07, 6.45) is 0.132. The summed E-state index contributed by atoms with van der Waals surface area (Å²) < 4.78 is 24.7. The van der Waals surface area contributed by atoms with Crippen molar-refractivity contribution in [2.45, 2.75) is 18.6 Å². The molecule has 0 fully saturated rings. The zero-order valence-electron chi connectivity index (χ0n) is 15.5. The Hall–Kier alpha value is -3.38. The lowest BCUT2D eigenvalue weighted by Crippen LogP contribution is -2.33. The van der Waals surface area contributed by atoms with Crippen LogP contribution >= 0.6 is 0 Å². The maximum Gasteiger partial charge on any atom is 0.231 e. The number of aliphatic imine (C=N–C) groups is 1. The number of hydrogen-bond acceptors (Lipinski definition) is 5. The first kappa shape index (κ1) is 17.7. The summed E-state index contributed by atoms with van der Waals surface area (Å²) >= 11 is 0. The van der Waals surface area contributed by atoms with E-state index in [-0.39, 0.29) is 24.4 Å². The van der Waals surface area contributed by atoms with Gasteiger partial charge in [0.2, 0.25) is 6.79 Å². The van der Waals surface area contributed by atoms with E-state index in [1.165, 1.54) is 12.1 Å². The number of phenolic OH excluding ortho intramolecular Hbond substituents is 1. The summed E-state index contributed by atoms with van der Waals surface area (Å²) in [5.41, 5.74) is 3.27. The number of halogens is 1. The van der Waals surface area contributed by atoms with Crippen LogP contribution in [0.25, 0.3) is 0 Å². The van der Waals surface area contributed by atoms with Gasteiger partial charge in [0.15, 0.2) is 11.5 Å². The molecule has 2 aliphatic heterocycles. The Morgan fingerprint density at radius 1 is 0.966 bits per heavy atom. The molecule has 6 heteroatoms. The summed E-state index contributed by atoms with van der Waals surface area (Å²) in [7, 11) is 0. The van der Waals surface area contributed by atoms with Crippen molar-refractivity contribution in [1.29, 1.82) is 0 Å². The van der Waals surface area contributed by atoms with E-state index in [2.05, 4.69) is 5.32 Å². The summed E-state index contributed by atoms with van der Waals surface area (Å²) in [6.45, 7) is 0.208. The number of ether oxygens (including phenoxy) is 2. The van der Waals surface area contributed by atoms with Gasteiger partial charge in [-0.25, -0.2) is 4.39 Å². The van der Waals surface area contributed by atoms with Crippen LogP contribution in [-0.2, 0) is 0 Å².